The molecule has 5 heteroatoms. The second-order valence-electron chi connectivity index (χ2n) is 3.34. The molecule has 88 valence electrons. The normalized spacial score (nSPS) is 12.4. The van der Waals surface area contributed by atoms with Gasteiger partial charge in [0.05, 0.1) is 0 Å². The van der Waals surface area contributed by atoms with Gasteiger partial charge in [0.25, 0.3) is 0 Å². The largest absolute Gasteiger partial charge is 0.479 e. The van der Waals surface area contributed by atoms with E-state index in [4.69, 9.17) is 5.11 Å². The third kappa shape index (κ3) is 3.30. The topological polar surface area (TPSA) is 57.5 Å². The van der Waals surface area contributed by atoms with Gasteiger partial charge in [-0.15, -0.1) is 0 Å². The fourth-order valence-electron chi connectivity index (χ4n) is 1.47. The van der Waals surface area contributed by atoms with E-state index in [1.165, 1.54) is 0 Å². The van der Waals surface area contributed by atoms with Crippen molar-refractivity contribution in [2.75, 3.05) is 5.33 Å². The highest BCUT2D eigenvalue weighted by Gasteiger charge is 2.20. The molecule has 0 aliphatic rings. The maximum absolute atomic E-state index is 10.8. The number of halogens is 2. The van der Waals surface area contributed by atoms with Gasteiger partial charge in [0.2, 0.25) is 0 Å². The van der Waals surface area contributed by atoms with Crippen molar-refractivity contribution in [3.05, 3.63) is 33.8 Å². The molecule has 0 aromatic heterocycles. The van der Waals surface area contributed by atoms with Crippen LogP contribution < -0.4 is 0 Å². The van der Waals surface area contributed by atoms with Gasteiger partial charge in [-0.2, -0.15) is 0 Å². The zero-order valence-corrected chi connectivity index (χ0v) is 11.7. The van der Waals surface area contributed by atoms with Crippen LogP contribution in [0.5, 0.6) is 0 Å². The summed E-state index contributed by atoms with van der Waals surface area (Å²) in [6.45, 7) is 0. The summed E-state index contributed by atoms with van der Waals surface area (Å²) >= 11 is 6.70. The van der Waals surface area contributed by atoms with E-state index in [-0.39, 0.29) is 0 Å². The number of hydrogen-bond acceptors (Lipinski definition) is 2. The molecule has 0 bridgehead atoms. The van der Waals surface area contributed by atoms with Crippen LogP contribution in [0.25, 0.3) is 0 Å². The SMILES string of the molecule is O=C(O)C(O)c1cccc(Br)c1CCCBr. The van der Waals surface area contributed by atoms with Gasteiger partial charge in [-0.05, 0) is 30.0 Å². The molecule has 3 nitrogen and oxygen atoms in total. The summed E-state index contributed by atoms with van der Waals surface area (Å²) in [4.78, 5) is 10.8. The Morgan fingerprint density at radius 2 is 2.12 bits per heavy atom. The minimum atomic E-state index is -1.46. The summed E-state index contributed by atoms with van der Waals surface area (Å²) in [5.74, 6) is -1.22. The van der Waals surface area contributed by atoms with Crippen molar-refractivity contribution in [2.45, 2.75) is 18.9 Å². The summed E-state index contributed by atoms with van der Waals surface area (Å²) in [6, 6.07) is 5.22. The van der Waals surface area contributed by atoms with Crippen LogP contribution in [-0.4, -0.2) is 21.5 Å². The number of benzene rings is 1. The van der Waals surface area contributed by atoms with Gasteiger partial charge in [0.1, 0.15) is 0 Å². The maximum Gasteiger partial charge on any atom is 0.337 e. The number of aliphatic carboxylic acids is 1. The number of carbonyl (C=O) groups is 1. The van der Waals surface area contributed by atoms with Crippen molar-refractivity contribution >= 4 is 37.8 Å². The number of rotatable bonds is 5. The number of alkyl halides is 1. The monoisotopic (exact) mass is 350 g/mol. The summed E-state index contributed by atoms with van der Waals surface area (Å²) in [5, 5.41) is 19.2. The zero-order chi connectivity index (χ0) is 12.1. The van der Waals surface area contributed by atoms with Gasteiger partial charge in [0, 0.05) is 9.80 Å². The van der Waals surface area contributed by atoms with Gasteiger partial charge in [0.15, 0.2) is 6.10 Å². The predicted molar refractivity (Wildman–Crippen MR) is 68.9 cm³/mol. The van der Waals surface area contributed by atoms with Crippen LogP contribution in [0.1, 0.15) is 23.7 Å². The van der Waals surface area contributed by atoms with Gasteiger partial charge in [-0.25, -0.2) is 4.79 Å². The van der Waals surface area contributed by atoms with Crippen LogP contribution in [0.3, 0.4) is 0 Å². The lowest BCUT2D eigenvalue weighted by molar-refractivity contribution is -0.147. The second kappa shape index (κ2) is 6.37. The molecule has 16 heavy (non-hydrogen) atoms. The predicted octanol–water partition coefficient (Wildman–Crippen LogP) is 2.89. The molecule has 1 unspecified atom stereocenters. The van der Waals surface area contributed by atoms with Crippen molar-refractivity contribution in [1.29, 1.82) is 0 Å². The summed E-state index contributed by atoms with van der Waals surface area (Å²) in [6.07, 6.45) is 0.164. The lowest BCUT2D eigenvalue weighted by atomic mass is 9.99. The molecule has 0 radical (unpaired) electrons. The first kappa shape index (κ1) is 13.7. The average Bonchev–Trinajstić information content (AvgIpc) is 2.26. The third-order valence-electron chi connectivity index (χ3n) is 2.24. The van der Waals surface area contributed by atoms with Gasteiger partial charge >= 0.3 is 5.97 Å². The molecule has 0 aliphatic carbocycles. The van der Waals surface area contributed by atoms with Crippen LogP contribution in [0, 0.1) is 0 Å². The quantitative estimate of drug-likeness (QED) is 0.802. The number of carboxylic acids is 1. The maximum atomic E-state index is 10.8. The molecule has 0 saturated heterocycles. The molecule has 1 aromatic carbocycles. The lowest BCUT2D eigenvalue weighted by Crippen LogP contribution is -2.13. The van der Waals surface area contributed by atoms with Crippen molar-refractivity contribution in [1.82, 2.24) is 0 Å². The van der Waals surface area contributed by atoms with E-state index < -0.39 is 12.1 Å². The molecule has 0 heterocycles. The number of hydrogen-bond donors (Lipinski definition) is 2. The smallest absolute Gasteiger partial charge is 0.337 e. The Morgan fingerprint density at radius 3 is 2.69 bits per heavy atom. The molecule has 0 aliphatic heterocycles. The summed E-state index contributed by atoms with van der Waals surface area (Å²) in [5.41, 5.74) is 1.32. The van der Waals surface area contributed by atoms with Crippen LogP contribution in [0.15, 0.2) is 22.7 Å². The first-order valence-electron chi connectivity index (χ1n) is 4.82. The van der Waals surface area contributed by atoms with E-state index in [1.807, 2.05) is 6.07 Å². The Labute approximate surface area is 111 Å². The van der Waals surface area contributed by atoms with E-state index in [1.54, 1.807) is 12.1 Å². The molecule has 0 amide bonds. The molecular formula is C11H12Br2O3. The Hall–Kier alpha value is -0.390. The van der Waals surface area contributed by atoms with E-state index in [2.05, 4.69) is 31.9 Å². The molecule has 1 rings (SSSR count). The minimum Gasteiger partial charge on any atom is -0.479 e. The fourth-order valence-corrected chi connectivity index (χ4v) is 2.33. The van der Waals surface area contributed by atoms with E-state index in [9.17, 15) is 9.90 Å². The Kier molecular flexibility index (Phi) is 5.44. The Morgan fingerprint density at radius 1 is 1.44 bits per heavy atom. The van der Waals surface area contributed by atoms with Gasteiger partial charge in [-0.1, -0.05) is 44.0 Å². The van der Waals surface area contributed by atoms with E-state index in [0.717, 1.165) is 28.2 Å². The average molecular weight is 352 g/mol. The second-order valence-corrected chi connectivity index (χ2v) is 4.99. The molecule has 0 saturated carbocycles. The first-order valence-corrected chi connectivity index (χ1v) is 6.73. The highest BCUT2D eigenvalue weighted by atomic mass is 79.9. The Balaban J connectivity index is 3.06. The molecule has 0 fully saturated rings. The highest BCUT2D eigenvalue weighted by molar-refractivity contribution is 9.10. The van der Waals surface area contributed by atoms with Crippen molar-refractivity contribution in [2.24, 2.45) is 0 Å². The van der Waals surface area contributed by atoms with Gasteiger partial charge < -0.3 is 10.2 Å². The standard InChI is InChI=1S/C11H12Br2O3/c12-6-2-4-7-8(10(14)11(15)16)3-1-5-9(7)13/h1,3,5,10,14H,2,4,6H2,(H,15,16). The van der Waals surface area contributed by atoms with E-state index >= 15 is 0 Å². The fraction of sp³-hybridized carbons (Fsp3) is 0.364. The number of carboxylic acid groups (broad SMARTS) is 1. The van der Waals surface area contributed by atoms with Crippen LogP contribution in [0.2, 0.25) is 0 Å². The summed E-state index contributed by atoms with van der Waals surface area (Å²) in [7, 11) is 0. The van der Waals surface area contributed by atoms with Crippen molar-refractivity contribution < 1.29 is 15.0 Å². The van der Waals surface area contributed by atoms with Crippen LogP contribution in [0.4, 0.5) is 0 Å². The van der Waals surface area contributed by atoms with Crippen molar-refractivity contribution in [3.63, 3.8) is 0 Å². The minimum absolute atomic E-state index is 0.461. The van der Waals surface area contributed by atoms with Gasteiger partial charge in [-0.3, -0.25) is 0 Å². The van der Waals surface area contributed by atoms with Crippen molar-refractivity contribution in [3.8, 4) is 0 Å². The number of aliphatic hydroxyl groups is 1. The van der Waals surface area contributed by atoms with E-state index in [0.29, 0.717) is 5.56 Å². The summed E-state index contributed by atoms with van der Waals surface area (Å²) < 4.78 is 0.839. The Bertz CT molecular complexity index is 379. The molecule has 1 aromatic rings. The molecule has 1 atom stereocenters. The van der Waals surface area contributed by atoms with Crippen LogP contribution in [-0.2, 0) is 11.2 Å². The molecule has 2 N–H and O–H groups in total. The third-order valence-corrected chi connectivity index (χ3v) is 3.55. The molecule has 0 spiro atoms. The van der Waals surface area contributed by atoms with Crippen LogP contribution >= 0.6 is 31.9 Å². The molecular weight excluding hydrogens is 340 g/mol. The lowest BCUT2D eigenvalue weighted by Gasteiger charge is -2.13. The number of aliphatic hydroxyl groups excluding tert-OH is 1. The highest BCUT2D eigenvalue weighted by Crippen LogP contribution is 2.27. The zero-order valence-electron chi connectivity index (χ0n) is 8.49. The first-order chi connectivity index (χ1) is 7.57.